The summed E-state index contributed by atoms with van der Waals surface area (Å²) in [6.45, 7) is 3.87. The molecule has 0 unspecified atom stereocenters. The van der Waals surface area contributed by atoms with Crippen LogP contribution in [-0.2, 0) is 0 Å². The molecule has 0 aliphatic rings. The van der Waals surface area contributed by atoms with Crippen LogP contribution in [0.4, 0.5) is 0 Å². The van der Waals surface area contributed by atoms with Gasteiger partial charge in [0, 0.05) is 5.56 Å². The zero-order chi connectivity index (χ0) is 13.9. The second-order valence-corrected chi connectivity index (χ2v) is 4.66. The SMILES string of the molecule is C=Cc1ccccc1-c1ccc(C=O)c2ccccc12. The molecule has 20 heavy (non-hydrogen) atoms. The number of hydrogen-bond donors (Lipinski definition) is 0. The Kier molecular flexibility index (Phi) is 3.18. The third kappa shape index (κ3) is 1.94. The number of benzene rings is 3. The maximum Gasteiger partial charge on any atom is 0.150 e. The smallest absolute Gasteiger partial charge is 0.150 e. The van der Waals surface area contributed by atoms with E-state index in [-0.39, 0.29) is 0 Å². The van der Waals surface area contributed by atoms with E-state index in [4.69, 9.17) is 0 Å². The average molecular weight is 258 g/mol. The lowest BCUT2D eigenvalue weighted by Crippen LogP contribution is -1.89. The van der Waals surface area contributed by atoms with E-state index in [0.29, 0.717) is 0 Å². The highest BCUT2D eigenvalue weighted by molar-refractivity contribution is 6.05. The second kappa shape index (κ2) is 5.14. The highest BCUT2D eigenvalue weighted by atomic mass is 16.1. The number of hydrogen-bond acceptors (Lipinski definition) is 1. The molecule has 0 aliphatic carbocycles. The van der Waals surface area contributed by atoms with Gasteiger partial charge in [-0.1, -0.05) is 73.3 Å². The largest absolute Gasteiger partial charge is 0.298 e. The summed E-state index contributed by atoms with van der Waals surface area (Å²) < 4.78 is 0. The van der Waals surface area contributed by atoms with E-state index in [1.165, 1.54) is 0 Å². The molecular weight excluding hydrogens is 244 g/mol. The Morgan fingerprint density at radius 1 is 0.700 bits per heavy atom. The Labute approximate surface area is 118 Å². The normalized spacial score (nSPS) is 10.4. The van der Waals surface area contributed by atoms with Crippen molar-refractivity contribution in [2.45, 2.75) is 0 Å². The second-order valence-electron chi connectivity index (χ2n) is 4.66. The molecule has 0 aromatic heterocycles. The minimum absolute atomic E-state index is 0.723. The molecule has 0 amide bonds. The van der Waals surface area contributed by atoms with Crippen LogP contribution in [-0.4, -0.2) is 6.29 Å². The molecule has 96 valence electrons. The number of carbonyl (C=O) groups excluding carboxylic acids is 1. The van der Waals surface area contributed by atoms with Crippen molar-refractivity contribution in [2.75, 3.05) is 0 Å². The zero-order valence-electron chi connectivity index (χ0n) is 11.0. The lowest BCUT2D eigenvalue weighted by molar-refractivity contribution is 0.112. The fourth-order valence-electron chi connectivity index (χ4n) is 2.58. The summed E-state index contributed by atoms with van der Waals surface area (Å²) in [5.74, 6) is 0. The average Bonchev–Trinajstić information content (AvgIpc) is 2.53. The van der Waals surface area contributed by atoms with Crippen molar-refractivity contribution < 1.29 is 4.79 Å². The van der Waals surface area contributed by atoms with Gasteiger partial charge in [-0.2, -0.15) is 0 Å². The van der Waals surface area contributed by atoms with Gasteiger partial charge in [0.2, 0.25) is 0 Å². The molecule has 1 heteroatoms. The molecule has 0 aliphatic heterocycles. The van der Waals surface area contributed by atoms with Gasteiger partial charge in [-0.05, 0) is 27.5 Å². The van der Waals surface area contributed by atoms with Crippen molar-refractivity contribution in [3.8, 4) is 11.1 Å². The fourth-order valence-corrected chi connectivity index (χ4v) is 2.58. The molecule has 0 atom stereocenters. The molecule has 0 spiro atoms. The van der Waals surface area contributed by atoms with Crippen molar-refractivity contribution >= 4 is 23.1 Å². The molecule has 3 aromatic carbocycles. The first-order chi connectivity index (χ1) is 9.85. The van der Waals surface area contributed by atoms with Gasteiger partial charge in [0.15, 0.2) is 6.29 Å². The molecule has 0 bridgehead atoms. The minimum Gasteiger partial charge on any atom is -0.298 e. The van der Waals surface area contributed by atoms with Crippen LogP contribution >= 0.6 is 0 Å². The van der Waals surface area contributed by atoms with Crippen molar-refractivity contribution in [2.24, 2.45) is 0 Å². The van der Waals surface area contributed by atoms with Gasteiger partial charge in [-0.3, -0.25) is 4.79 Å². The standard InChI is InChI=1S/C19H14O/c1-2-14-7-3-4-8-16(14)19-12-11-15(13-20)17-9-5-6-10-18(17)19/h2-13H,1H2. The summed E-state index contributed by atoms with van der Waals surface area (Å²) in [5.41, 5.74) is 4.08. The van der Waals surface area contributed by atoms with E-state index in [1.54, 1.807) is 0 Å². The van der Waals surface area contributed by atoms with E-state index in [2.05, 4.69) is 18.7 Å². The predicted octanol–water partition coefficient (Wildman–Crippen LogP) is 4.96. The Bertz CT molecular complexity index is 800. The maximum absolute atomic E-state index is 11.2. The predicted molar refractivity (Wildman–Crippen MR) is 84.9 cm³/mol. The zero-order valence-corrected chi connectivity index (χ0v) is 11.0. The molecular formula is C19H14O. The van der Waals surface area contributed by atoms with Gasteiger partial charge in [-0.25, -0.2) is 0 Å². The van der Waals surface area contributed by atoms with Crippen LogP contribution < -0.4 is 0 Å². The van der Waals surface area contributed by atoms with Crippen LogP contribution in [0.25, 0.3) is 28.0 Å². The Balaban J connectivity index is 2.38. The quantitative estimate of drug-likeness (QED) is 0.607. The summed E-state index contributed by atoms with van der Waals surface area (Å²) in [6, 6.07) is 20.0. The third-order valence-electron chi connectivity index (χ3n) is 3.56. The van der Waals surface area contributed by atoms with Gasteiger partial charge in [0.1, 0.15) is 0 Å². The van der Waals surface area contributed by atoms with E-state index < -0.39 is 0 Å². The topological polar surface area (TPSA) is 17.1 Å². The molecule has 0 N–H and O–H groups in total. The lowest BCUT2D eigenvalue weighted by atomic mass is 9.93. The van der Waals surface area contributed by atoms with E-state index in [1.807, 2.05) is 54.6 Å². The summed E-state index contributed by atoms with van der Waals surface area (Å²) >= 11 is 0. The van der Waals surface area contributed by atoms with Crippen molar-refractivity contribution in [1.29, 1.82) is 0 Å². The highest BCUT2D eigenvalue weighted by Crippen LogP contribution is 2.32. The molecule has 3 aromatic rings. The maximum atomic E-state index is 11.2. The van der Waals surface area contributed by atoms with Crippen LogP contribution in [0, 0.1) is 0 Å². The third-order valence-corrected chi connectivity index (χ3v) is 3.56. The molecule has 1 nitrogen and oxygen atoms in total. The Morgan fingerprint density at radius 3 is 2.15 bits per heavy atom. The van der Waals surface area contributed by atoms with Crippen LogP contribution in [0.1, 0.15) is 15.9 Å². The highest BCUT2D eigenvalue weighted by Gasteiger charge is 2.08. The van der Waals surface area contributed by atoms with Gasteiger partial charge >= 0.3 is 0 Å². The molecule has 0 fully saturated rings. The van der Waals surface area contributed by atoms with Gasteiger partial charge < -0.3 is 0 Å². The van der Waals surface area contributed by atoms with Crippen molar-refractivity contribution in [3.63, 3.8) is 0 Å². The monoisotopic (exact) mass is 258 g/mol. The van der Waals surface area contributed by atoms with Crippen molar-refractivity contribution in [3.05, 3.63) is 78.4 Å². The summed E-state index contributed by atoms with van der Waals surface area (Å²) in [5, 5.41) is 2.07. The fraction of sp³-hybridized carbons (Fsp3) is 0. The minimum atomic E-state index is 0.723. The van der Waals surface area contributed by atoms with E-state index in [0.717, 1.165) is 39.3 Å². The van der Waals surface area contributed by atoms with Crippen LogP contribution in [0.3, 0.4) is 0 Å². The van der Waals surface area contributed by atoms with Crippen LogP contribution in [0.5, 0.6) is 0 Å². The number of carbonyl (C=O) groups is 1. The summed E-state index contributed by atoms with van der Waals surface area (Å²) in [7, 11) is 0. The number of aldehydes is 1. The molecule has 0 saturated heterocycles. The lowest BCUT2D eigenvalue weighted by Gasteiger charge is -2.11. The molecule has 0 saturated carbocycles. The van der Waals surface area contributed by atoms with Crippen molar-refractivity contribution in [1.82, 2.24) is 0 Å². The first-order valence-electron chi connectivity index (χ1n) is 6.54. The van der Waals surface area contributed by atoms with E-state index in [9.17, 15) is 4.79 Å². The van der Waals surface area contributed by atoms with Crippen LogP contribution in [0.2, 0.25) is 0 Å². The molecule has 0 heterocycles. The molecule has 3 rings (SSSR count). The number of fused-ring (bicyclic) bond motifs is 1. The number of rotatable bonds is 3. The van der Waals surface area contributed by atoms with Gasteiger partial charge in [0.05, 0.1) is 0 Å². The summed E-state index contributed by atoms with van der Waals surface area (Å²) in [4.78, 5) is 11.2. The van der Waals surface area contributed by atoms with Gasteiger partial charge in [-0.15, -0.1) is 0 Å². The summed E-state index contributed by atoms with van der Waals surface area (Å²) in [6.07, 6.45) is 2.77. The first-order valence-corrected chi connectivity index (χ1v) is 6.54. The Morgan fingerprint density at radius 2 is 1.40 bits per heavy atom. The Hall–Kier alpha value is -2.67. The molecule has 0 radical (unpaired) electrons. The van der Waals surface area contributed by atoms with Crippen LogP contribution in [0.15, 0.2) is 67.2 Å². The van der Waals surface area contributed by atoms with Gasteiger partial charge in [0.25, 0.3) is 0 Å². The van der Waals surface area contributed by atoms with E-state index >= 15 is 0 Å². The first kappa shape index (κ1) is 12.4.